The summed E-state index contributed by atoms with van der Waals surface area (Å²) in [4.78, 5) is 11.1. The van der Waals surface area contributed by atoms with Crippen LogP contribution in [0.2, 0.25) is 0 Å². The minimum atomic E-state index is -0.188. The van der Waals surface area contributed by atoms with Crippen molar-refractivity contribution in [1.82, 2.24) is 5.32 Å². The maximum atomic E-state index is 11.1. The Kier molecular flexibility index (Phi) is 3.57. The van der Waals surface area contributed by atoms with Crippen molar-refractivity contribution in [2.24, 2.45) is 0 Å². The summed E-state index contributed by atoms with van der Waals surface area (Å²) in [5.74, 6) is -0.188. The van der Waals surface area contributed by atoms with Gasteiger partial charge in [0.05, 0.1) is 13.5 Å². The Labute approximate surface area is 95.8 Å². The number of hydrogen-bond acceptors (Lipinski definition) is 3. The van der Waals surface area contributed by atoms with Crippen LogP contribution in [0.15, 0.2) is 24.3 Å². The number of nitrogens with one attached hydrogen (secondary N) is 1. The van der Waals surface area contributed by atoms with E-state index in [0.29, 0.717) is 12.5 Å². The molecule has 1 atom stereocenters. The zero-order chi connectivity index (χ0) is 11.4. The minimum Gasteiger partial charge on any atom is -0.469 e. The van der Waals surface area contributed by atoms with Gasteiger partial charge in [0, 0.05) is 6.04 Å². The fraction of sp³-hybridized carbons (Fsp3) is 0.462. The van der Waals surface area contributed by atoms with Crippen molar-refractivity contribution in [2.45, 2.75) is 25.3 Å². The molecule has 1 N–H and O–H groups in total. The summed E-state index contributed by atoms with van der Waals surface area (Å²) >= 11 is 0. The van der Waals surface area contributed by atoms with Gasteiger partial charge >= 0.3 is 5.97 Å². The highest BCUT2D eigenvalue weighted by atomic mass is 16.5. The lowest BCUT2D eigenvalue weighted by Crippen LogP contribution is -2.12. The summed E-state index contributed by atoms with van der Waals surface area (Å²) in [6, 6.07) is 8.70. The molecule has 0 aliphatic carbocycles. The number of benzene rings is 1. The van der Waals surface area contributed by atoms with E-state index in [-0.39, 0.29) is 5.97 Å². The van der Waals surface area contributed by atoms with Gasteiger partial charge in [-0.15, -0.1) is 0 Å². The first-order chi connectivity index (χ1) is 7.79. The highest BCUT2D eigenvalue weighted by molar-refractivity contribution is 5.72. The van der Waals surface area contributed by atoms with Crippen molar-refractivity contribution in [1.29, 1.82) is 0 Å². The van der Waals surface area contributed by atoms with Gasteiger partial charge in [-0.05, 0) is 30.5 Å². The predicted molar refractivity (Wildman–Crippen MR) is 62.1 cm³/mol. The first kappa shape index (κ1) is 11.1. The second-order valence-electron chi connectivity index (χ2n) is 4.14. The van der Waals surface area contributed by atoms with Crippen LogP contribution < -0.4 is 5.32 Å². The van der Waals surface area contributed by atoms with E-state index in [1.54, 1.807) is 0 Å². The number of carbonyl (C=O) groups is 1. The zero-order valence-electron chi connectivity index (χ0n) is 9.53. The van der Waals surface area contributed by atoms with E-state index in [1.165, 1.54) is 25.5 Å². The minimum absolute atomic E-state index is 0.188. The molecule has 0 amide bonds. The second-order valence-corrected chi connectivity index (χ2v) is 4.14. The van der Waals surface area contributed by atoms with E-state index in [2.05, 4.69) is 22.2 Å². The number of carbonyl (C=O) groups excluding carboxylic acids is 1. The number of methoxy groups -OCH3 is 1. The lowest BCUT2D eigenvalue weighted by atomic mass is 10.0. The monoisotopic (exact) mass is 219 g/mol. The Bertz CT molecular complexity index is 353. The van der Waals surface area contributed by atoms with Crippen LogP contribution in [0.1, 0.15) is 30.0 Å². The summed E-state index contributed by atoms with van der Waals surface area (Å²) in [6.45, 7) is 1.11. The molecule has 1 aliphatic heterocycles. The maximum absolute atomic E-state index is 11.1. The van der Waals surface area contributed by atoms with Crippen molar-refractivity contribution in [3.63, 3.8) is 0 Å². The molecule has 3 nitrogen and oxygen atoms in total. The molecule has 1 aromatic rings. The van der Waals surface area contributed by atoms with Crippen molar-refractivity contribution in [3.05, 3.63) is 35.4 Å². The molecule has 0 aromatic heterocycles. The molecule has 1 aliphatic rings. The first-order valence-corrected chi connectivity index (χ1v) is 5.68. The summed E-state index contributed by atoms with van der Waals surface area (Å²) in [6.07, 6.45) is 2.81. The Morgan fingerprint density at radius 2 is 2.19 bits per heavy atom. The first-order valence-electron chi connectivity index (χ1n) is 5.68. The van der Waals surface area contributed by atoms with Gasteiger partial charge < -0.3 is 10.1 Å². The van der Waals surface area contributed by atoms with Crippen molar-refractivity contribution in [3.8, 4) is 0 Å². The van der Waals surface area contributed by atoms with Crippen LogP contribution in [0, 0.1) is 0 Å². The van der Waals surface area contributed by atoms with Crippen molar-refractivity contribution >= 4 is 5.97 Å². The normalized spacial score (nSPS) is 19.7. The highest BCUT2D eigenvalue weighted by Crippen LogP contribution is 2.23. The van der Waals surface area contributed by atoms with Gasteiger partial charge in [-0.3, -0.25) is 4.79 Å². The Morgan fingerprint density at radius 1 is 1.44 bits per heavy atom. The quantitative estimate of drug-likeness (QED) is 0.788. The lowest BCUT2D eigenvalue weighted by molar-refractivity contribution is -0.139. The molecule has 0 bridgehead atoms. The summed E-state index contributed by atoms with van der Waals surface area (Å²) in [5.41, 5.74) is 2.32. The van der Waals surface area contributed by atoms with Gasteiger partial charge in [0.2, 0.25) is 0 Å². The molecule has 1 fully saturated rings. The third-order valence-electron chi connectivity index (χ3n) is 3.02. The molecular formula is C13H17NO2. The molecular weight excluding hydrogens is 202 g/mol. The predicted octanol–water partition coefficient (Wildman–Crippen LogP) is 1.83. The topological polar surface area (TPSA) is 38.3 Å². The van der Waals surface area contributed by atoms with Crippen LogP contribution in [-0.2, 0) is 16.0 Å². The zero-order valence-corrected chi connectivity index (χ0v) is 9.53. The van der Waals surface area contributed by atoms with E-state index in [9.17, 15) is 4.79 Å². The highest BCUT2D eigenvalue weighted by Gasteiger charge is 2.15. The molecule has 1 aromatic carbocycles. The molecule has 16 heavy (non-hydrogen) atoms. The SMILES string of the molecule is COC(=O)Cc1ccc(C2CCCN2)cc1. The van der Waals surface area contributed by atoms with Gasteiger partial charge in [-0.2, -0.15) is 0 Å². The average molecular weight is 219 g/mol. The van der Waals surface area contributed by atoms with Crippen LogP contribution in [0.25, 0.3) is 0 Å². The van der Waals surface area contributed by atoms with E-state index in [4.69, 9.17) is 0 Å². The third kappa shape index (κ3) is 2.61. The molecule has 0 spiro atoms. The largest absolute Gasteiger partial charge is 0.469 e. The number of esters is 1. The van der Waals surface area contributed by atoms with Gasteiger partial charge in [-0.25, -0.2) is 0 Å². The molecule has 1 unspecified atom stereocenters. The van der Waals surface area contributed by atoms with Crippen molar-refractivity contribution in [2.75, 3.05) is 13.7 Å². The number of rotatable bonds is 3. The van der Waals surface area contributed by atoms with Crippen LogP contribution in [0.4, 0.5) is 0 Å². The van der Waals surface area contributed by atoms with E-state index in [1.807, 2.05) is 12.1 Å². The molecule has 3 heteroatoms. The van der Waals surface area contributed by atoms with E-state index >= 15 is 0 Å². The Balaban J connectivity index is 2.01. The second kappa shape index (κ2) is 5.12. The molecule has 1 saturated heterocycles. The van der Waals surface area contributed by atoms with Gasteiger partial charge in [0.1, 0.15) is 0 Å². The molecule has 0 saturated carbocycles. The smallest absolute Gasteiger partial charge is 0.309 e. The van der Waals surface area contributed by atoms with Crippen LogP contribution in [0.3, 0.4) is 0 Å². The van der Waals surface area contributed by atoms with Crippen molar-refractivity contribution < 1.29 is 9.53 Å². The third-order valence-corrected chi connectivity index (χ3v) is 3.02. The Hall–Kier alpha value is -1.35. The fourth-order valence-corrected chi connectivity index (χ4v) is 2.08. The van der Waals surface area contributed by atoms with Crippen LogP contribution >= 0.6 is 0 Å². The number of hydrogen-bond donors (Lipinski definition) is 1. The van der Waals surface area contributed by atoms with E-state index in [0.717, 1.165) is 12.1 Å². The van der Waals surface area contributed by atoms with E-state index < -0.39 is 0 Å². The number of ether oxygens (including phenoxy) is 1. The Morgan fingerprint density at radius 3 is 2.75 bits per heavy atom. The summed E-state index contributed by atoms with van der Waals surface area (Å²) in [7, 11) is 1.42. The van der Waals surface area contributed by atoms with Gasteiger partial charge in [0.25, 0.3) is 0 Å². The molecule has 86 valence electrons. The van der Waals surface area contributed by atoms with Gasteiger partial charge in [-0.1, -0.05) is 24.3 Å². The van der Waals surface area contributed by atoms with Gasteiger partial charge in [0.15, 0.2) is 0 Å². The molecule has 1 heterocycles. The maximum Gasteiger partial charge on any atom is 0.309 e. The standard InChI is InChI=1S/C13H17NO2/c1-16-13(15)9-10-4-6-11(7-5-10)12-3-2-8-14-12/h4-7,12,14H,2-3,8-9H2,1H3. The fourth-order valence-electron chi connectivity index (χ4n) is 2.08. The average Bonchev–Trinajstić information content (AvgIpc) is 2.83. The van der Waals surface area contributed by atoms with Crippen LogP contribution in [0.5, 0.6) is 0 Å². The summed E-state index contributed by atoms with van der Waals surface area (Å²) in [5, 5.41) is 3.45. The van der Waals surface area contributed by atoms with Crippen LogP contribution in [-0.4, -0.2) is 19.6 Å². The molecule has 2 rings (SSSR count). The lowest BCUT2D eigenvalue weighted by Gasteiger charge is -2.10. The molecule has 0 radical (unpaired) electrons. The summed E-state index contributed by atoms with van der Waals surface area (Å²) < 4.78 is 4.63.